The summed E-state index contributed by atoms with van der Waals surface area (Å²) in [7, 11) is -2.45. The molecule has 0 spiro atoms. The number of hydrogen-bond acceptors (Lipinski definition) is 4. The summed E-state index contributed by atoms with van der Waals surface area (Å²) in [5, 5.41) is 0. The van der Waals surface area contributed by atoms with Crippen molar-refractivity contribution in [1.82, 2.24) is 4.72 Å². The summed E-state index contributed by atoms with van der Waals surface area (Å²) in [4.78, 5) is 11.6. The van der Waals surface area contributed by atoms with E-state index in [0.717, 1.165) is 0 Å². The number of ether oxygens (including phenoxy) is 1. The Labute approximate surface area is 133 Å². The minimum absolute atomic E-state index is 0.0140. The van der Waals surface area contributed by atoms with E-state index in [1.807, 2.05) is 13.8 Å². The third-order valence-electron chi connectivity index (χ3n) is 2.95. The van der Waals surface area contributed by atoms with Crippen molar-refractivity contribution in [3.63, 3.8) is 0 Å². The zero-order valence-corrected chi connectivity index (χ0v) is 14.9. The van der Waals surface area contributed by atoms with E-state index in [4.69, 9.17) is 0 Å². The highest BCUT2D eigenvalue weighted by Crippen LogP contribution is 2.28. The number of carbonyl (C=O) groups is 1. The van der Waals surface area contributed by atoms with Crippen molar-refractivity contribution in [3.05, 3.63) is 29.8 Å². The molecule has 0 saturated carbocycles. The third kappa shape index (κ3) is 5.42. The van der Waals surface area contributed by atoms with Crippen molar-refractivity contribution in [3.8, 4) is 0 Å². The Morgan fingerprint density at radius 1 is 1.18 bits per heavy atom. The molecule has 0 aromatic heterocycles. The summed E-state index contributed by atoms with van der Waals surface area (Å²) in [6.45, 7) is 9.86. The summed E-state index contributed by atoms with van der Waals surface area (Å²) >= 11 is 0. The van der Waals surface area contributed by atoms with Gasteiger partial charge in [-0.25, -0.2) is 17.9 Å². The summed E-state index contributed by atoms with van der Waals surface area (Å²) in [5.41, 5.74) is -0.405. The first kappa shape index (κ1) is 18.6. The van der Waals surface area contributed by atoms with Crippen molar-refractivity contribution in [2.24, 2.45) is 5.41 Å². The van der Waals surface area contributed by atoms with E-state index < -0.39 is 21.5 Å². The maximum Gasteiger partial charge on any atom is 0.337 e. The largest absolute Gasteiger partial charge is 0.465 e. The third-order valence-corrected chi connectivity index (χ3v) is 4.64. The molecule has 0 amide bonds. The van der Waals surface area contributed by atoms with E-state index in [1.54, 1.807) is 0 Å². The van der Waals surface area contributed by atoms with Gasteiger partial charge in [0.2, 0.25) is 10.0 Å². The van der Waals surface area contributed by atoms with Gasteiger partial charge in [0.05, 0.1) is 17.6 Å². The smallest absolute Gasteiger partial charge is 0.337 e. The van der Waals surface area contributed by atoms with Gasteiger partial charge < -0.3 is 4.74 Å². The van der Waals surface area contributed by atoms with Gasteiger partial charge in [0.15, 0.2) is 0 Å². The van der Waals surface area contributed by atoms with Crippen molar-refractivity contribution < 1.29 is 17.9 Å². The quantitative estimate of drug-likeness (QED) is 0.844. The van der Waals surface area contributed by atoms with Crippen molar-refractivity contribution in [2.75, 3.05) is 7.11 Å². The lowest BCUT2D eigenvalue weighted by Crippen LogP contribution is -2.45. The van der Waals surface area contributed by atoms with E-state index in [9.17, 15) is 13.2 Å². The highest BCUT2D eigenvalue weighted by molar-refractivity contribution is 7.89. The molecule has 1 aromatic rings. The Kier molecular flexibility index (Phi) is 5.41. The van der Waals surface area contributed by atoms with Gasteiger partial charge in [-0.15, -0.1) is 0 Å². The molecule has 124 valence electrons. The van der Waals surface area contributed by atoms with Crippen LogP contribution in [-0.4, -0.2) is 27.0 Å². The lowest BCUT2D eigenvalue weighted by molar-refractivity contribution is 0.0600. The first-order chi connectivity index (χ1) is 9.86. The highest BCUT2D eigenvalue weighted by Gasteiger charge is 2.30. The Morgan fingerprint density at radius 3 is 2.27 bits per heavy atom. The molecule has 0 radical (unpaired) electrons. The highest BCUT2D eigenvalue weighted by atomic mass is 32.2. The number of rotatable bonds is 5. The Bertz CT molecular complexity index is 642. The number of esters is 1. The first-order valence-electron chi connectivity index (χ1n) is 7.09. The van der Waals surface area contributed by atoms with E-state index in [1.165, 1.54) is 31.4 Å². The summed E-state index contributed by atoms with van der Waals surface area (Å²) in [6, 6.07) is 5.83. The van der Waals surface area contributed by atoms with Gasteiger partial charge in [0.1, 0.15) is 0 Å². The fourth-order valence-corrected chi connectivity index (χ4v) is 4.15. The van der Waals surface area contributed by atoms with Crippen LogP contribution in [0.25, 0.3) is 0 Å². The monoisotopic (exact) mass is 327 g/mol. The van der Waals surface area contributed by atoms with Gasteiger partial charge in [-0.1, -0.05) is 26.8 Å². The second-order valence-electron chi connectivity index (χ2n) is 7.25. The molecule has 0 heterocycles. The average molecular weight is 327 g/mol. The molecule has 1 N–H and O–H groups in total. The molecular weight excluding hydrogens is 302 g/mol. The average Bonchev–Trinajstić information content (AvgIpc) is 2.33. The number of nitrogens with one attached hydrogen (secondary N) is 1. The van der Waals surface area contributed by atoms with Crippen LogP contribution >= 0.6 is 0 Å². The van der Waals surface area contributed by atoms with Gasteiger partial charge in [0, 0.05) is 5.54 Å². The maximum atomic E-state index is 12.5. The molecule has 0 saturated heterocycles. The van der Waals surface area contributed by atoms with E-state index in [0.29, 0.717) is 6.42 Å². The number of sulfonamides is 1. The zero-order valence-electron chi connectivity index (χ0n) is 14.1. The normalized spacial score (nSPS) is 13.0. The molecule has 5 nitrogen and oxygen atoms in total. The van der Waals surface area contributed by atoms with Gasteiger partial charge in [-0.2, -0.15) is 0 Å². The van der Waals surface area contributed by atoms with Crippen molar-refractivity contribution >= 4 is 16.0 Å². The van der Waals surface area contributed by atoms with E-state index >= 15 is 0 Å². The van der Waals surface area contributed by atoms with Crippen LogP contribution in [0.2, 0.25) is 0 Å². The molecule has 0 aliphatic heterocycles. The van der Waals surface area contributed by atoms with Gasteiger partial charge in [-0.05, 0) is 43.9 Å². The molecule has 0 atom stereocenters. The van der Waals surface area contributed by atoms with Crippen LogP contribution < -0.4 is 4.72 Å². The van der Waals surface area contributed by atoms with Crippen LogP contribution in [0.15, 0.2) is 29.2 Å². The number of hydrogen-bond donors (Lipinski definition) is 1. The van der Waals surface area contributed by atoms with Crippen LogP contribution in [0.1, 0.15) is 51.4 Å². The standard InChI is InChI=1S/C16H25NO4S/c1-15(2,3)11-16(4,5)17-22(19,20)13-9-7-8-12(10-13)14(18)21-6/h7-10,17H,11H2,1-6H3. The summed E-state index contributed by atoms with van der Waals surface area (Å²) in [6.07, 6.45) is 0.677. The minimum Gasteiger partial charge on any atom is -0.465 e. The van der Waals surface area contributed by atoms with Crippen LogP contribution in [-0.2, 0) is 14.8 Å². The van der Waals surface area contributed by atoms with Crippen molar-refractivity contribution in [2.45, 2.75) is 51.5 Å². The number of carbonyl (C=O) groups excluding carboxylic acids is 1. The molecule has 22 heavy (non-hydrogen) atoms. The van der Waals surface area contributed by atoms with E-state index in [2.05, 4.69) is 30.2 Å². The molecule has 0 bridgehead atoms. The zero-order chi connectivity index (χ0) is 17.2. The predicted molar refractivity (Wildman–Crippen MR) is 86.3 cm³/mol. The predicted octanol–water partition coefficient (Wildman–Crippen LogP) is 2.97. The van der Waals surface area contributed by atoms with Gasteiger partial charge in [-0.3, -0.25) is 0 Å². The molecule has 6 heteroatoms. The molecular formula is C16H25NO4S. The van der Waals surface area contributed by atoms with Crippen LogP contribution in [0, 0.1) is 5.41 Å². The molecule has 1 rings (SSSR count). The Hall–Kier alpha value is -1.40. The topological polar surface area (TPSA) is 72.5 Å². The molecule has 0 aliphatic carbocycles. The van der Waals surface area contributed by atoms with Crippen LogP contribution in [0.4, 0.5) is 0 Å². The van der Waals surface area contributed by atoms with Gasteiger partial charge in [0.25, 0.3) is 0 Å². The summed E-state index contributed by atoms with van der Waals surface area (Å²) < 4.78 is 32.4. The maximum absolute atomic E-state index is 12.5. The fraction of sp³-hybridized carbons (Fsp3) is 0.562. The molecule has 0 fully saturated rings. The lowest BCUT2D eigenvalue weighted by atomic mass is 9.82. The lowest BCUT2D eigenvalue weighted by Gasteiger charge is -2.33. The Morgan fingerprint density at radius 2 is 1.77 bits per heavy atom. The molecule has 0 aliphatic rings. The molecule has 1 aromatic carbocycles. The number of benzene rings is 1. The number of methoxy groups -OCH3 is 1. The second kappa shape index (κ2) is 6.38. The second-order valence-corrected chi connectivity index (χ2v) is 8.93. The SMILES string of the molecule is COC(=O)c1cccc(S(=O)(=O)NC(C)(C)CC(C)(C)C)c1. The molecule has 0 unspecified atom stereocenters. The summed E-state index contributed by atoms with van der Waals surface area (Å²) in [5.74, 6) is -0.564. The van der Waals surface area contributed by atoms with Gasteiger partial charge >= 0.3 is 5.97 Å². The first-order valence-corrected chi connectivity index (χ1v) is 8.57. The minimum atomic E-state index is -3.71. The van der Waals surface area contributed by atoms with Crippen LogP contribution in [0.5, 0.6) is 0 Å². The van der Waals surface area contributed by atoms with Crippen molar-refractivity contribution in [1.29, 1.82) is 0 Å². The van der Waals surface area contributed by atoms with Crippen LogP contribution in [0.3, 0.4) is 0 Å². The fourth-order valence-electron chi connectivity index (χ4n) is 2.69. The van der Waals surface area contributed by atoms with E-state index in [-0.39, 0.29) is 15.9 Å². The Balaban J connectivity index is 3.07.